The summed E-state index contributed by atoms with van der Waals surface area (Å²) >= 11 is 0. The van der Waals surface area contributed by atoms with Crippen molar-refractivity contribution in [3.05, 3.63) is 51.4 Å². The topological polar surface area (TPSA) is 36.9 Å². The molecule has 55 heavy (non-hydrogen) atoms. The lowest BCUT2D eigenvalue weighted by atomic mass is 9.48. The zero-order chi connectivity index (χ0) is 38.6. The number of hydrogen-bond acceptors (Lipinski definition) is 4. The molecule has 0 aromatic rings. The van der Waals surface area contributed by atoms with Gasteiger partial charge in [-0.3, -0.25) is 0 Å². The molecule has 4 nitrogen and oxygen atoms in total. The summed E-state index contributed by atoms with van der Waals surface area (Å²) in [7, 11) is 0. The average molecular weight is 759 g/mol. The molecule has 3 unspecified atom stereocenters. The molecule has 0 saturated heterocycles. The minimum Gasteiger partial charge on any atom is -0.501 e. The summed E-state index contributed by atoms with van der Waals surface area (Å²) in [4.78, 5) is 0. The predicted octanol–water partition coefficient (Wildman–Crippen LogP) is 13.8. The van der Waals surface area contributed by atoms with Gasteiger partial charge in [0.2, 0.25) is 0 Å². The first kappa shape index (κ1) is 41.3. The Morgan fingerprint density at radius 3 is 1.35 bits per heavy atom. The lowest BCUT2D eigenvalue weighted by molar-refractivity contribution is -0.116. The van der Waals surface area contributed by atoms with Crippen molar-refractivity contribution in [2.24, 2.45) is 81.8 Å². The van der Waals surface area contributed by atoms with Gasteiger partial charge in [-0.15, -0.1) is 0 Å². The number of hydrogen-bond donors (Lipinski definition) is 0. The molecule has 310 valence electrons. The molecule has 0 aliphatic heterocycles. The van der Waals surface area contributed by atoms with Gasteiger partial charge in [0, 0.05) is 16.7 Å². The molecule has 12 bridgehead atoms. The van der Waals surface area contributed by atoms with Crippen LogP contribution in [0.1, 0.15) is 162 Å². The predicted molar refractivity (Wildman–Crippen MR) is 227 cm³/mol. The summed E-state index contributed by atoms with van der Waals surface area (Å²) in [6, 6.07) is 0. The van der Waals surface area contributed by atoms with E-state index < -0.39 is 0 Å². The third kappa shape index (κ3) is 9.73. The molecule has 13 aliphatic rings. The minimum atomic E-state index is 0.382. The Kier molecular flexibility index (Phi) is 13.8. The SMILES string of the molecule is C=COC(C)C12CC3CC(CC(C3)C1)C2.C=COC(C)C1C2CC3CC(C2)CC1C3.C=COC(C)C1CCCCC1.C=COCC12CC3CC(CC(C3)C1)C2. The maximum atomic E-state index is 5.69. The van der Waals surface area contributed by atoms with Gasteiger partial charge in [0.25, 0.3) is 0 Å². The third-order valence-corrected chi connectivity index (χ3v) is 17.7. The third-order valence-electron chi connectivity index (χ3n) is 17.7. The molecular formula is C51H82O4. The Morgan fingerprint density at radius 1 is 0.491 bits per heavy atom. The summed E-state index contributed by atoms with van der Waals surface area (Å²) in [5.41, 5.74) is 1.08. The second kappa shape index (κ2) is 18.4. The molecule has 13 rings (SSSR count). The van der Waals surface area contributed by atoms with Gasteiger partial charge in [-0.1, -0.05) is 45.6 Å². The van der Waals surface area contributed by atoms with Crippen molar-refractivity contribution < 1.29 is 18.9 Å². The molecule has 3 atom stereocenters. The minimum absolute atomic E-state index is 0.382. The molecule has 0 aromatic heterocycles. The fourth-order valence-corrected chi connectivity index (χ4v) is 16.5. The molecule has 0 amide bonds. The van der Waals surface area contributed by atoms with Gasteiger partial charge in [-0.25, -0.2) is 0 Å². The van der Waals surface area contributed by atoms with Crippen LogP contribution >= 0.6 is 0 Å². The van der Waals surface area contributed by atoms with Crippen LogP contribution in [0, 0.1) is 81.8 Å². The standard InChI is InChI=1S/2C14H22O.C13H20O.C10H18O/c1-3-15-10(2)14-7-11-4-12(8-14)6-13(5-11)9-14;1-3-15-9(2)14-12-5-10-4-11(7-12)8-13(14)6-10;1-2-14-9-13-6-10-3-11(7-13)5-12(4-10)8-13;1-3-11-9(2)10-7-5-4-6-8-10/h3,10-13H,1,4-9H2,2H3;3,9-14H,1,4-8H2,2H3;2,10-12H,1,3-9H2;3,9-10H,1,4-8H2,2H3. The van der Waals surface area contributed by atoms with E-state index in [1.54, 1.807) is 25.0 Å². The van der Waals surface area contributed by atoms with E-state index in [4.69, 9.17) is 18.9 Å². The van der Waals surface area contributed by atoms with Crippen molar-refractivity contribution in [3.8, 4) is 0 Å². The molecule has 13 saturated carbocycles. The summed E-state index contributed by atoms with van der Waals surface area (Å²) in [6.45, 7) is 22.2. The highest BCUT2D eigenvalue weighted by Gasteiger charge is 2.54. The quantitative estimate of drug-likeness (QED) is 0.186. The molecule has 4 heteroatoms. The Balaban J connectivity index is 0.000000114. The van der Waals surface area contributed by atoms with Crippen molar-refractivity contribution in [3.63, 3.8) is 0 Å². The Hall–Kier alpha value is -1.84. The van der Waals surface area contributed by atoms with Gasteiger partial charge in [0.15, 0.2) is 0 Å². The first-order valence-electron chi connectivity index (χ1n) is 23.6. The van der Waals surface area contributed by atoms with Crippen molar-refractivity contribution in [2.45, 2.75) is 180 Å². The first-order valence-corrected chi connectivity index (χ1v) is 23.6. The highest BCUT2D eigenvalue weighted by atomic mass is 16.5. The van der Waals surface area contributed by atoms with E-state index in [2.05, 4.69) is 47.1 Å². The van der Waals surface area contributed by atoms with Crippen LogP contribution in [-0.4, -0.2) is 24.9 Å². The largest absolute Gasteiger partial charge is 0.501 e. The van der Waals surface area contributed by atoms with Gasteiger partial charge in [0.1, 0.15) is 6.10 Å². The van der Waals surface area contributed by atoms with Crippen LogP contribution in [-0.2, 0) is 18.9 Å². The van der Waals surface area contributed by atoms with Gasteiger partial charge >= 0.3 is 0 Å². The van der Waals surface area contributed by atoms with Gasteiger partial charge in [0.05, 0.1) is 43.9 Å². The maximum Gasteiger partial charge on any atom is 0.101 e. The highest BCUT2D eigenvalue weighted by Crippen LogP contribution is 2.62. The lowest BCUT2D eigenvalue weighted by Gasteiger charge is -2.58. The van der Waals surface area contributed by atoms with E-state index >= 15 is 0 Å². The van der Waals surface area contributed by atoms with E-state index in [0.717, 1.165) is 77.6 Å². The second-order valence-electron chi connectivity index (χ2n) is 21.5. The van der Waals surface area contributed by atoms with Crippen LogP contribution in [0.25, 0.3) is 0 Å². The monoisotopic (exact) mass is 759 g/mol. The van der Waals surface area contributed by atoms with E-state index in [1.807, 2.05) is 0 Å². The van der Waals surface area contributed by atoms with Crippen LogP contribution in [0.5, 0.6) is 0 Å². The summed E-state index contributed by atoms with van der Waals surface area (Å²) in [5, 5.41) is 0. The van der Waals surface area contributed by atoms with Crippen molar-refractivity contribution in [2.75, 3.05) is 6.61 Å². The Bertz CT molecular complexity index is 1160. The van der Waals surface area contributed by atoms with Gasteiger partial charge in [-0.2, -0.15) is 0 Å². The van der Waals surface area contributed by atoms with Crippen LogP contribution < -0.4 is 0 Å². The van der Waals surface area contributed by atoms with Gasteiger partial charge < -0.3 is 18.9 Å². The molecule has 0 heterocycles. The molecule has 13 aliphatic carbocycles. The van der Waals surface area contributed by atoms with Crippen LogP contribution in [0.4, 0.5) is 0 Å². The molecule has 13 fully saturated rings. The van der Waals surface area contributed by atoms with Crippen LogP contribution in [0.3, 0.4) is 0 Å². The Labute approximate surface area is 338 Å². The highest BCUT2D eigenvalue weighted by molar-refractivity contribution is 5.05. The van der Waals surface area contributed by atoms with Crippen molar-refractivity contribution in [1.29, 1.82) is 0 Å². The Morgan fingerprint density at radius 2 is 0.909 bits per heavy atom. The number of rotatable bonds is 12. The van der Waals surface area contributed by atoms with Crippen molar-refractivity contribution in [1.82, 2.24) is 0 Å². The van der Waals surface area contributed by atoms with Crippen LogP contribution in [0.2, 0.25) is 0 Å². The van der Waals surface area contributed by atoms with E-state index in [1.165, 1.54) is 141 Å². The zero-order valence-corrected chi connectivity index (χ0v) is 35.7. The van der Waals surface area contributed by atoms with Crippen LogP contribution in [0.15, 0.2) is 51.4 Å². The molecule has 0 N–H and O–H groups in total. The fraction of sp³-hybridized carbons (Fsp3) is 0.843. The lowest BCUT2D eigenvalue weighted by Crippen LogP contribution is -2.51. The van der Waals surface area contributed by atoms with Gasteiger partial charge in [-0.05, 0) is 208 Å². The fourth-order valence-electron chi connectivity index (χ4n) is 16.5. The van der Waals surface area contributed by atoms with E-state index in [9.17, 15) is 0 Å². The normalized spacial score (nSPS) is 43.8. The molecule has 0 aromatic carbocycles. The average Bonchev–Trinajstić information content (AvgIpc) is 3.14. The van der Waals surface area contributed by atoms with Crippen molar-refractivity contribution >= 4 is 0 Å². The number of ether oxygens (including phenoxy) is 4. The molecular weight excluding hydrogens is 677 g/mol. The summed E-state index contributed by atoms with van der Waals surface area (Å²) < 4.78 is 22.1. The maximum absolute atomic E-state index is 5.69. The van der Waals surface area contributed by atoms with E-state index in [-0.39, 0.29) is 0 Å². The summed E-state index contributed by atoms with van der Waals surface area (Å²) in [5.74, 6) is 11.9. The van der Waals surface area contributed by atoms with E-state index in [0.29, 0.717) is 29.1 Å². The summed E-state index contributed by atoms with van der Waals surface area (Å²) in [6.07, 6.45) is 39.7. The first-order chi connectivity index (χ1) is 26.6. The zero-order valence-electron chi connectivity index (χ0n) is 35.7. The smallest absolute Gasteiger partial charge is 0.101 e. The molecule has 0 spiro atoms. The molecule has 0 radical (unpaired) electrons. The second-order valence-corrected chi connectivity index (χ2v) is 21.5.